The van der Waals surface area contributed by atoms with E-state index >= 15 is 0 Å². The van der Waals surface area contributed by atoms with E-state index in [0.29, 0.717) is 19.5 Å². The van der Waals surface area contributed by atoms with Gasteiger partial charge in [-0.3, -0.25) is 9.59 Å². The molecule has 7 heteroatoms. The Balaban J connectivity index is 1.33. The molecule has 1 aromatic heterocycles. The number of carbonyl (C=O) groups is 2. The number of nitrogens with zero attached hydrogens (tertiary/aromatic N) is 3. The van der Waals surface area contributed by atoms with Gasteiger partial charge in [0.2, 0.25) is 11.8 Å². The molecule has 1 N–H and O–H groups in total. The average molecular weight is 423 g/mol. The van der Waals surface area contributed by atoms with Crippen molar-refractivity contribution in [2.24, 2.45) is 0 Å². The largest absolute Gasteiger partial charge is 0.345 e. The number of piperazine rings is 1. The number of aromatic nitrogens is 1. The van der Waals surface area contributed by atoms with Crippen molar-refractivity contribution in [2.75, 3.05) is 36.4 Å². The highest BCUT2D eigenvalue weighted by atomic mass is 32.1. The first-order chi connectivity index (χ1) is 14.5. The van der Waals surface area contributed by atoms with E-state index in [2.05, 4.69) is 35.3 Å². The third kappa shape index (κ3) is 4.62. The number of benzene rings is 2. The molecule has 30 heavy (non-hydrogen) atoms. The van der Waals surface area contributed by atoms with E-state index in [-0.39, 0.29) is 11.8 Å². The van der Waals surface area contributed by atoms with Gasteiger partial charge in [-0.2, -0.15) is 0 Å². The summed E-state index contributed by atoms with van der Waals surface area (Å²) in [5, 5.41) is 3.78. The van der Waals surface area contributed by atoms with Crippen LogP contribution in [0.25, 0.3) is 10.2 Å². The predicted octanol–water partition coefficient (Wildman–Crippen LogP) is 3.71. The van der Waals surface area contributed by atoms with Gasteiger partial charge in [-0.15, -0.1) is 0 Å². The summed E-state index contributed by atoms with van der Waals surface area (Å²) in [6, 6.07) is 13.9. The van der Waals surface area contributed by atoms with Crippen LogP contribution in [-0.4, -0.2) is 47.9 Å². The second-order valence-corrected chi connectivity index (χ2v) is 8.58. The predicted molar refractivity (Wildman–Crippen MR) is 122 cm³/mol. The molecule has 0 bridgehead atoms. The minimum Gasteiger partial charge on any atom is -0.345 e. The van der Waals surface area contributed by atoms with E-state index in [4.69, 9.17) is 4.98 Å². The number of anilines is 2. The summed E-state index contributed by atoms with van der Waals surface area (Å²) < 4.78 is 1.23. The van der Waals surface area contributed by atoms with Gasteiger partial charge in [0.05, 0.1) is 16.6 Å². The molecule has 1 aliphatic heterocycles. The molecule has 0 unspecified atom stereocenters. The van der Waals surface area contributed by atoms with Crippen molar-refractivity contribution in [2.45, 2.75) is 26.7 Å². The number of carbonyl (C=O) groups excluding carboxylic acids is 2. The van der Waals surface area contributed by atoms with Crippen molar-refractivity contribution >= 4 is 44.2 Å². The van der Waals surface area contributed by atoms with E-state index in [0.717, 1.165) is 41.4 Å². The molecular weight excluding hydrogens is 396 g/mol. The first-order valence-corrected chi connectivity index (χ1v) is 11.1. The van der Waals surface area contributed by atoms with E-state index in [9.17, 15) is 9.59 Å². The van der Waals surface area contributed by atoms with Crippen molar-refractivity contribution in [1.82, 2.24) is 9.88 Å². The SMILES string of the molecule is CCc1ccc2nc(N3CCN(C(=O)Cc4ccc(NC(C)=O)cc4)CC3)sc2c1. The van der Waals surface area contributed by atoms with Crippen molar-refractivity contribution in [1.29, 1.82) is 0 Å². The lowest BCUT2D eigenvalue weighted by molar-refractivity contribution is -0.130. The molecule has 1 saturated heterocycles. The van der Waals surface area contributed by atoms with Crippen LogP contribution in [0.1, 0.15) is 25.0 Å². The molecular formula is C23H26N4O2S. The summed E-state index contributed by atoms with van der Waals surface area (Å²) in [6.45, 7) is 6.66. The second-order valence-electron chi connectivity index (χ2n) is 7.57. The number of amides is 2. The summed E-state index contributed by atoms with van der Waals surface area (Å²) >= 11 is 1.73. The van der Waals surface area contributed by atoms with Crippen LogP contribution in [0.4, 0.5) is 10.8 Å². The number of thiazole rings is 1. The topological polar surface area (TPSA) is 65.5 Å². The number of rotatable bonds is 5. The van der Waals surface area contributed by atoms with Crippen LogP contribution in [0.5, 0.6) is 0 Å². The maximum Gasteiger partial charge on any atom is 0.227 e. The van der Waals surface area contributed by atoms with Gasteiger partial charge in [0.25, 0.3) is 0 Å². The third-order valence-corrected chi connectivity index (χ3v) is 6.46. The molecule has 0 aliphatic carbocycles. The lowest BCUT2D eigenvalue weighted by Crippen LogP contribution is -2.49. The zero-order valence-electron chi connectivity index (χ0n) is 17.4. The van der Waals surface area contributed by atoms with Gasteiger partial charge >= 0.3 is 0 Å². The monoisotopic (exact) mass is 422 g/mol. The summed E-state index contributed by atoms with van der Waals surface area (Å²) in [5.41, 5.74) is 4.08. The molecule has 1 fully saturated rings. The molecule has 2 heterocycles. The quantitative estimate of drug-likeness (QED) is 0.681. The second kappa shape index (κ2) is 8.83. The Morgan fingerprint density at radius 2 is 1.73 bits per heavy atom. The Morgan fingerprint density at radius 1 is 1.03 bits per heavy atom. The molecule has 2 aromatic carbocycles. The highest BCUT2D eigenvalue weighted by Gasteiger charge is 2.23. The Morgan fingerprint density at radius 3 is 2.40 bits per heavy atom. The highest BCUT2D eigenvalue weighted by molar-refractivity contribution is 7.22. The summed E-state index contributed by atoms with van der Waals surface area (Å²) in [7, 11) is 0. The number of aryl methyl sites for hydroxylation is 1. The summed E-state index contributed by atoms with van der Waals surface area (Å²) in [4.78, 5) is 32.8. The standard InChI is InChI=1S/C23H26N4O2S/c1-3-17-6-9-20-21(14-17)30-23(25-20)27-12-10-26(11-13-27)22(29)15-18-4-7-19(8-5-18)24-16(2)28/h4-9,14H,3,10-13,15H2,1-2H3,(H,24,28). The van der Waals surface area contributed by atoms with Gasteiger partial charge in [-0.05, 0) is 41.8 Å². The molecule has 3 aromatic rings. The van der Waals surface area contributed by atoms with Gasteiger partial charge in [-0.25, -0.2) is 4.98 Å². The number of hydrogen-bond donors (Lipinski definition) is 1. The maximum absolute atomic E-state index is 12.7. The van der Waals surface area contributed by atoms with Crippen LogP contribution >= 0.6 is 11.3 Å². The van der Waals surface area contributed by atoms with Crippen LogP contribution in [0.2, 0.25) is 0 Å². The van der Waals surface area contributed by atoms with Crippen molar-refractivity contribution < 1.29 is 9.59 Å². The van der Waals surface area contributed by atoms with Crippen molar-refractivity contribution in [3.63, 3.8) is 0 Å². The molecule has 0 saturated carbocycles. The van der Waals surface area contributed by atoms with Gasteiger partial charge < -0.3 is 15.1 Å². The van der Waals surface area contributed by atoms with Gasteiger partial charge in [0.15, 0.2) is 5.13 Å². The van der Waals surface area contributed by atoms with Crippen LogP contribution in [0, 0.1) is 0 Å². The van der Waals surface area contributed by atoms with Crippen LogP contribution in [-0.2, 0) is 22.4 Å². The highest BCUT2D eigenvalue weighted by Crippen LogP contribution is 2.30. The first kappa shape index (κ1) is 20.3. The molecule has 0 spiro atoms. The minimum atomic E-state index is -0.101. The van der Waals surface area contributed by atoms with Gasteiger partial charge in [0, 0.05) is 38.8 Å². The van der Waals surface area contributed by atoms with E-state index < -0.39 is 0 Å². The Hall–Kier alpha value is -2.93. The van der Waals surface area contributed by atoms with E-state index in [1.165, 1.54) is 17.2 Å². The van der Waals surface area contributed by atoms with Gasteiger partial charge in [-0.1, -0.05) is 36.5 Å². The number of fused-ring (bicyclic) bond motifs is 1. The normalized spacial score (nSPS) is 14.2. The smallest absolute Gasteiger partial charge is 0.227 e. The molecule has 0 atom stereocenters. The molecule has 1 aliphatic rings. The Labute approximate surface area is 180 Å². The van der Waals surface area contributed by atoms with Crippen LogP contribution < -0.4 is 10.2 Å². The summed E-state index contributed by atoms with van der Waals surface area (Å²) in [6.07, 6.45) is 1.40. The van der Waals surface area contributed by atoms with E-state index in [1.54, 1.807) is 11.3 Å². The van der Waals surface area contributed by atoms with Crippen LogP contribution in [0.15, 0.2) is 42.5 Å². The average Bonchev–Trinajstić information content (AvgIpc) is 3.18. The zero-order valence-corrected chi connectivity index (χ0v) is 18.2. The Bertz CT molecular complexity index is 1050. The molecule has 6 nitrogen and oxygen atoms in total. The third-order valence-electron chi connectivity index (χ3n) is 5.38. The fourth-order valence-electron chi connectivity index (χ4n) is 3.65. The number of hydrogen-bond acceptors (Lipinski definition) is 5. The maximum atomic E-state index is 12.7. The number of nitrogens with one attached hydrogen (secondary N) is 1. The van der Waals surface area contributed by atoms with E-state index in [1.807, 2.05) is 29.2 Å². The zero-order chi connectivity index (χ0) is 21.1. The lowest BCUT2D eigenvalue weighted by Gasteiger charge is -2.34. The summed E-state index contributed by atoms with van der Waals surface area (Å²) in [5.74, 6) is 0.0365. The van der Waals surface area contributed by atoms with Crippen molar-refractivity contribution in [3.05, 3.63) is 53.6 Å². The van der Waals surface area contributed by atoms with Crippen LogP contribution in [0.3, 0.4) is 0 Å². The Kier molecular flexibility index (Phi) is 5.99. The lowest BCUT2D eigenvalue weighted by atomic mass is 10.1. The molecule has 156 valence electrons. The molecule has 4 rings (SSSR count). The van der Waals surface area contributed by atoms with Crippen molar-refractivity contribution in [3.8, 4) is 0 Å². The fourth-order valence-corrected chi connectivity index (χ4v) is 4.74. The first-order valence-electron chi connectivity index (χ1n) is 10.3. The molecule has 2 amide bonds. The van der Waals surface area contributed by atoms with Gasteiger partial charge in [0.1, 0.15) is 0 Å². The fraction of sp³-hybridized carbons (Fsp3) is 0.348. The molecule has 0 radical (unpaired) electrons. The minimum absolute atomic E-state index is 0.101.